The highest BCUT2D eigenvalue weighted by Crippen LogP contribution is 2.20. The number of carbonyl (C=O) groups excluding carboxylic acids is 2. The number of nitrogens with one attached hydrogen (secondary N) is 2. The van der Waals surface area contributed by atoms with Gasteiger partial charge in [0.2, 0.25) is 5.91 Å². The number of rotatable bonds is 6. The maximum Gasteiger partial charge on any atom is 0.325 e. The van der Waals surface area contributed by atoms with E-state index >= 15 is 0 Å². The molecule has 2 N–H and O–H groups in total. The molecule has 3 amide bonds. The van der Waals surface area contributed by atoms with Crippen molar-refractivity contribution in [1.29, 1.82) is 5.26 Å². The van der Waals surface area contributed by atoms with E-state index in [1.54, 1.807) is 36.4 Å². The quantitative estimate of drug-likeness (QED) is 0.837. The lowest BCUT2D eigenvalue weighted by Crippen LogP contribution is -2.42. The van der Waals surface area contributed by atoms with E-state index in [1.165, 1.54) is 0 Å². The molecule has 26 heavy (non-hydrogen) atoms. The van der Waals surface area contributed by atoms with Crippen molar-refractivity contribution >= 4 is 17.6 Å². The van der Waals surface area contributed by atoms with Gasteiger partial charge in [-0.05, 0) is 43.3 Å². The van der Waals surface area contributed by atoms with Crippen molar-refractivity contribution in [2.45, 2.75) is 19.9 Å². The molecule has 2 rings (SSSR count). The Labute approximate surface area is 153 Å². The van der Waals surface area contributed by atoms with E-state index in [0.29, 0.717) is 17.8 Å². The number of para-hydroxylation sites is 1. The van der Waals surface area contributed by atoms with E-state index in [-0.39, 0.29) is 18.5 Å². The van der Waals surface area contributed by atoms with E-state index in [2.05, 4.69) is 16.7 Å². The third-order valence-electron chi connectivity index (χ3n) is 4.11. The number of nitriles is 1. The van der Waals surface area contributed by atoms with Gasteiger partial charge in [-0.1, -0.05) is 37.3 Å². The molecule has 0 saturated carbocycles. The van der Waals surface area contributed by atoms with Crippen LogP contribution < -0.4 is 10.6 Å². The second-order valence-electron chi connectivity index (χ2n) is 5.84. The number of carbonyl (C=O) groups is 2. The summed E-state index contributed by atoms with van der Waals surface area (Å²) in [5.41, 5.74) is 2.22. The number of amides is 3. The van der Waals surface area contributed by atoms with E-state index < -0.39 is 6.03 Å². The van der Waals surface area contributed by atoms with Crippen molar-refractivity contribution < 1.29 is 9.59 Å². The maximum absolute atomic E-state index is 12.2. The minimum Gasteiger partial charge on any atom is -0.308 e. The molecule has 0 radical (unpaired) electrons. The molecule has 0 aliphatic rings. The molecule has 6 heteroatoms. The van der Waals surface area contributed by atoms with Gasteiger partial charge in [0.1, 0.15) is 0 Å². The van der Waals surface area contributed by atoms with Crippen molar-refractivity contribution in [3.8, 4) is 6.07 Å². The zero-order valence-corrected chi connectivity index (χ0v) is 14.9. The van der Waals surface area contributed by atoms with Gasteiger partial charge in [0, 0.05) is 11.7 Å². The van der Waals surface area contributed by atoms with Crippen LogP contribution in [0.1, 0.15) is 31.0 Å². The Bertz CT molecular complexity index is 782. The van der Waals surface area contributed by atoms with Crippen molar-refractivity contribution in [2.24, 2.45) is 0 Å². The van der Waals surface area contributed by atoms with Crippen LogP contribution in [0.25, 0.3) is 0 Å². The van der Waals surface area contributed by atoms with Gasteiger partial charge in [0.25, 0.3) is 0 Å². The molecule has 0 spiro atoms. The fraction of sp³-hybridized carbons (Fsp3) is 0.250. The summed E-state index contributed by atoms with van der Waals surface area (Å²) in [7, 11) is 0. The van der Waals surface area contributed by atoms with Crippen LogP contribution in [0.5, 0.6) is 0 Å². The molecule has 0 aliphatic heterocycles. The van der Waals surface area contributed by atoms with Gasteiger partial charge in [-0.3, -0.25) is 15.0 Å². The van der Waals surface area contributed by atoms with Gasteiger partial charge in [0.15, 0.2) is 0 Å². The van der Waals surface area contributed by atoms with Crippen molar-refractivity contribution in [3.05, 3.63) is 65.7 Å². The Balaban J connectivity index is 1.92. The van der Waals surface area contributed by atoms with Crippen LogP contribution in [0, 0.1) is 11.3 Å². The van der Waals surface area contributed by atoms with Gasteiger partial charge < -0.3 is 5.32 Å². The predicted octanol–water partition coefficient (Wildman–Crippen LogP) is 3.29. The summed E-state index contributed by atoms with van der Waals surface area (Å²) >= 11 is 0. The van der Waals surface area contributed by atoms with Gasteiger partial charge in [-0.15, -0.1) is 0 Å². The van der Waals surface area contributed by atoms with Gasteiger partial charge in [0.05, 0.1) is 18.2 Å². The molecular weight excluding hydrogens is 328 g/mol. The summed E-state index contributed by atoms with van der Waals surface area (Å²) in [6.07, 6.45) is 0. The van der Waals surface area contributed by atoms with Crippen LogP contribution in [0.15, 0.2) is 54.6 Å². The summed E-state index contributed by atoms with van der Waals surface area (Å²) in [5.74, 6) is -0.374. The number of hydrogen-bond acceptors (Lipinski definition) is 4. The SMILES string of the molecule is CCN(CC(=O)NC(=O)Nc1ccccc1)C(C)c1ccc(C#N)cc1. The third kappa shape index (κ3) is 5.43. The van der Waals surface area contributed by atoms with Gasteiger partial charge in [-0.2, -0.15) is 5.26 Å². The molecule has 1 atom stereocenters. The first-order valence-electron chi connectivity index (χ1n) is 8.43. The number of hydrogen-bond donors (Lipinski definition) is 2. The van der Waals surface area contributed by atoms with Gasteiger partial charge in [-0.25, -0.2) is 4.79 Å². The highest BCUT2D eigenvalue weighted by atomic mass is 16.2. The number of likely N-dealkylation sites (N-methyl/N-ethyl adjacent to an activating group) is 1. The minimum absolute atomic E-state index is 0.0179. The smallest absolute Gasteiger partial charge is 0.308 e. The number of urea groups is 1. The van der Waals surface area contributed by atoms with E-state index in [1.807, 2.05) is 36.9 Å². The number of anilines is 1. The first-order valence-corrected chi connectivity index (χ1v) is 8.43. The third-order valence-corrected chi connectivity index (χ3v) is 4.11. The lowest BCUT2D eigenvalue weighted by atomic mass is 10.1. The molecule has 0 fully saturated rings. The summed E-state index contributed by atoms with van der Waals surface area (Å²) < 4.78 is 0. The molecule has 6 nitrogen and oxygen atoms in total. The average Bonchev–Trinajstić information content (AvgIpc) is 2.66. The molecular formula is C20H22N4O2. The van der Waals surface area contributed by atoms with Crippen LogP contribution in [0.3, 0.4) is 0 Å². The molecule has 0 aliphatic carbocycles. The largest absolute Gasteiger partial charge is 0.325 e. The Hall–Kier alpha value is -3.17. The fourth-order valence-electron chi connectivity index (χ4n) is 2.60. The predicted molar refractivity (Wildman–Crippen MR) is 100 cm³/mol. The minimum atomic E-state index is -0.553. The van der Waals surface area contributed by atoms with Crippen molar-refractivity contribution in [1.82, 2.24) is 10.2 Å². The van der Waals surface area contributed by atoms with E-state index in [0.717, 1.165) is 5.56 Å². The second-order valence-corrected chi connectivity index (χ2v) is 5.84. The standard InChI is InChI=1S/C20H22N4O2/c1-3-24(15(2)17-11-9-16(13-21)10-12-17)14-19(25)23-20(26)22-18-7-5-4-6-8-18/h4-12,15H,3,14H2,1-2H3,(H2,22,23,25,26). The van der Waals surface area contributed by atoms with Gasteiger partial charge >= 0.3 is 6.03 Å². The molecule has 1 unspecified atom stereocenters. The van der Waals surface area contributed by atoms with Crippen LogP contribution in [0.4, 0.5) is 10.5 Å². The second kappa shape index (κ2) is 9.35. The molecule has 134 valence electrons. The lowest BCUT2D eigenvalue weighted by Gasteiger charge is -2.27. The highest BCUT2D eigenvalue weighted by Gasteiger charge is 2.18. The van der Waals surface area contributed by atoms with E-state index in [4.69, 9.17) is 5.26 Å². The fourth-order valence-corrected chi connectivity index (χ4v) is 2.60. The van der Waals surface area contributed by atoms with Crippen molar-refractivity contribution in [3.63, 3.8) is 0 Å². The van der Waals surface area contributed by atoms with Crippen LogP contribution in [0.2, 0.25) is 0 Å². The average molecular weight is 350 g/mol. The zero-order chi connectivity index (χ0) is 18.9. The Morgan fingerprint density at radius 2 is 1.77 bits per heavy atom. The molecule has 0 bridgehead atoms. The van der Waals surface area contributed by atoms with E-state index in [9.17, 15) is 9.59 Å². The molecule has 0 saturated heterocycles. The monoisotopic (exact) mass is 350 g/mol. The molecule has 0 heterocycles. The summed E-state index contributed by atoms with van der Waals surface area (Å²) in [5, 5.41) is 13.8. The van der Waals surface area contributed by atoms with Crippen LogP contribution >= 0.6 is 0 Å². The normalized spacial score (nSPS) is 11.5. The Kier molecular flexibility index (Phi) is 6.89. The highest BCUT2D eigenvalue weighted by molar-refractivity contribution is 6.01. The van der Waals surface area contributed by atoms with Crippen molar-refractivity contribution in [2.75, 3.05) is 18.4 Å². The summed E-state index contributed by atoms with van der Waals surface area (Å²) in [6, 6.07) is 17.7. The first-order chi connectivity index (χ1) is 12.5. The lowest BCUT2D eigenvalue weighted by molar-refractivity contribution is -0.121. The number of imide groups is 1. The van der Waals surface area contributed by atoms with Crippen LogP contribution in [-0.4, -0.2) is 29.9 Å². The van der Waals surface area contributed by atoms with Crippen LogP contribution in [-0.2, 0) is 4.79 Å². The maximum atomic E-state index is 12.2. The Morgan fingerprint density at radius 1 is 1.12 bits per heavy atom. The first kappa shape index (κ1) is 19.2. The Morgan fingerprint density at radius 3 is 2.35 bits per heavy atom. The number of nitrogens with zero attached hydrogens (tertiary/aromatic N) is 2. The zero-order valence-electron chi connectivity index (χ0n) is 14.9. The molecule has 2 aromatic carbocycles. The summed E-state index contributed by atoms with van der Waals surface area (Å²) in [4.78, 5) is 26.1. The molecule has 2 aromatic rings. The number of benzene rings is 2. The summed E-state index contributed by atoms with van der Waals surface area (Å²) in [6.45, 7) is 4.69. The topological polar surface area (TPSA) is 85.2 Å². The molecule has 0 aromatic heterocycles.